The summed E-state index contributed by atoms with van der Waals surface area (Å²) in [6, 6.07) is 5.16. The van der Waals surface area contributed by atoms with Gasteiger partial charge in [0.1, 0.15) is 5.82 Å². The van der Waals surface area contributed by atoms with E-state index in [2.05, 4.69) is 0 Å². The third kappa shape index (κ3) is 3.81. The van der Waals surface area contributed by atoms with Crippen LogP contribution >= 0.6 is 0 Å². The van der Waals surface area contributed by atoms with Gasteiger partial charge in [-0.3, -0.25) is 0 Å². The van der Waals surface area contributed by atoms with Crippen LogP contribution in [0.25, 0.3) is 0 Å². The Morgan fingerprint density at radius 3 is 2.44 bits per heavy atom. The SMILES string of the molecule is Cc1cc(F)cc(C(N)CC2CCCCCC2)c1. The van der Waals surface area contributed by atoms with Crippen LogP contribution in [0.1, 0.15) is 62.1 Å². The van der Waals surface area contributed by atoms with E-state index in [9.17, 15) is 4.39 Å². The van der Waals surface area contributed by atoms with Crippen molar-refractivity contribution in [2.75, 3.05) is 0 Å². The van der Waals surface area contributed by atoms with Crippen molar-refractivity contribution in [3.05, 3.63) is 35.1 Å². The Bertz CT molecular complexity index is 360. The van der Waals surface area contributed by atoms with E-state index in [1.165, 1.54) is 38.5 Å². The van der Waals surface area contributed by atoms with Crippen molar-refractivity contribution < 1.29 is 4.39 Å². The van der Waals surface area contributed by atoms with Crippen LogP contribution in [0.5, 0.6) is 0 Å². The number of aryl methyl sites for hydroxylation is 1. The summed E-state index contributed by atoms with van der Waals surface area (Å²) in [6.07, 6.45) is 8.99. The van der Waals surface area contributed by atoms with Gasteiger partial charge in [-0.1, -0.05) is 44.6 Å². The largest absolute Gasteiger partial charge is 0.324 e. The molecule has 0 spiro atoms. The molecule has 0 heterocycles. The molecule has 1 nitrogen and oxygen atoms in total. The van der Waals surface area contributed by atoms with Crippen LogP contribution < -0.4 is 5.73 Å². The Kier molecular flexibility index (Phi) is 4.76. The molecule has 0 bridgehead atoms. The normalized spacial score (nSPS) is 19.5. The molecular formula is C16H24FN. The molecule has 100 valence electrons. The minimum atomic E-state index is -0.165. The number of hydrogen-bond acceptors (Lipinski definition) is 1. The summed E-state index contributed by atoms with van der Waals surface area (Å²) in [7, 11) is 0. The standard InChI is InChI=1S/C16H24FN/c1-12-8-14(11-15(17)9-12)16(18)10-13-6-4-2-3-5-7-13/h8-9,11,13,16H,2-7,10,18H2,1H3. The van der Waals surface area contributed by atoms with Gasteiger partial charge in [-0.15, -0.1) is 0 Å². The monoisotopic (exact) mass is 249 g/mol. The molecule has 0 aromatic heterocycles. The number of nitrogens with two attached hydrogens (primary N) is 1. The van der Waals surface area contributed by atoms with Crippen molar-refractivity contribution in [1.82, 2.24) is 0 Å². The van der Waals surface area contributed by atoms with E-state index >= 15 is 0 Å². The summed E-state index contributed by atoms with van der Waals surface area (Å²) in [5, 5.41) is 0. The van der Waals surface area contributed by atoms with Crippen LogP contribution in [0.4, 0.5) is 4.39 Å². The minimum Gasteiger partial charge on any atom is -0.324 e. The number of halogens is 1. The summed E-state index contributed by atoms with van der Waals surface area (Å²) < 4.78 is 13.4. The van der Waals surface area contributed by atoms with Gasteiger partial charge in [-0.25, -0.2) is 4.39 Å². The quantitative estimate of drug-likeness (QED) is 0.784. The summed E-state index contributed by atoms with van der Waals surface area (Å²) in [5.41, 5.74) is 8.16. The Hall–Kier alpha value is -0.890. The first-order chi connectivity index (χ1) is 8.65. The third-order valence-corrected chi connectivity index (χ3v) is 4.05. The van der Waals surface area contributed by atoms with Gasteiger partial charge in [0.05, 0.1) is 0 Å². The maximum Gasteiger partial charge on any atom is 0.123 e. The molecule has 1 atom stereocenters. The van der Waals surface area contributed by atoms with Crippen LogP contribution in [0.3, 0.4) is 0 Å². The molecule has 0 radical (unpaired) electrons. The lowest BCUT2D eigenvalue weighted by Gasteiger charge is -2.20. The zero-order valence-corrected chi connectivity index (χ0v) is 11.3. The van der Waals surface area contributed by atoms with E-state index in [-0.39, 0.29) is 11.9 Å². The summed E-state index contributed by atoms with van der Waals surface area (Å²) >= 11 is 0. The van der Waals surface area contributed by atoms with Gasteiger partial charge in [0, 0.05) is 6.04 Å². The van der Waals surface area contributed by atoms with Crippen molar-refractivity contribution in [1.29, 1.82) is 0 Å². The topological polar surface area (TPSA) is 26.0 Å². The maximum absolute atomic E-state index is 13.4. The van der Waals surface area contributed by atoms with E-state index in [4.69, 9.17) is 5.73 Å². The van der Waals surface area contributed by atoms with E-state index in [1.54, 1.807) is 12.1 Å². The molecule has 1 fully saturated rings. The van der Waals surface area contributed by atoms with Gasteiger partial charge in [-0.05, 0) is 42.5 Å². The van der Waals surface area contributed by atoms with Crippen LogP contribution in [0.2, 0.25) is 0 Å². The van der Waals surface area contributed by atoms with E-state index in [0.717, 1.165) is 23.5 Å². The lowest BCUT2D eigenvalue weighted by molar-refractivity contribution is 0.392. The van der Waals surface area contributed by atoms with Crippen LogP contribution in [-0.4, -0.2) is 0 Å². The first-order valence-corrected chi connectivity index (χ1v) is 7.18. The van der Waals surface area contributed by atoms with Gasteiger partial charge in [0.15, 0.2) is 0 Å². The molecule has 1 aromatic rings. The Morgan fingerprint density at radius 2 is 1.83 bits per heavy atom. The maximum atomic E-state index is 13.4. The van der Waals surface area contributed by atoms with E-state index in [1.807, 2.05) is 13.0 Å². The second-order valence-electron chi connectivity index (χ2n) is 5.76. The van der Waals surface area contributed by atoms with Crippen molar-refractivity contribution in [2.24, 2.45) is 11.7 Å². The lowest BCUT2D eigenvalue weighted by atomic mass is 9.89. The third-order valence-electron chi connectivity index (χ3n) is 4.05. The van der Waals surface area contributed by atoms with Crippen LogP contribution in [-0.2, 0) is 0 Å². The first-order valence-electron chi connectivity index (χ1n) is 7.18. The molecule has 1 aliphatic carbocycles. The van der Waals surface area contributed by atoms with Gasteiger partial charge < -0.3 is 5.73 Å². The molecule has 2 N–H and O–H groups in total. The van der Waals surface area contributed by atoms with Gasteiger partial charge in [0.25, 0.3) is 0 Å². The molecule has 1 aromatic carbocycles. The fourth-order valence-electron chi connectivity index (χ4n) is 3.07. The van der Waals surface area contributed by atoms with Crippen LogP contribution in [0, 0.1) is 18.7 Å². The lowest BCUT2D eigenvalue weighted by Crippen LogP contribution is -2.15. The summed E-state index contributed by atoms with van der Waals surface area (Å²) in [5.74, 6) is 0.562. The second-order valence-corrected chi connectivity index (χ2v) is 5.76. The molecule has 2 rings (SSSR count). The predicted molar refractivity (Wildman–Crippen MR) is 73.9 cm³/mol. The van der Waals surface area contributed by atoms with Crippen molar-refractivity contribution in [3.63, 3.8) is 0 Å². The number of rotatable bonds is 3. The molecule has 1 unspecified atom stereocenters. The molecule has 2 heteroatoms. The molecule has 0 aliphatic heterocycles. The summed E-state index contributed by atoms with van der Waals surface area (Å²) in [6.45, 7) is 1.92. The van der Waals surface area contributed by atoms with Crippen molar-refractivity contribution in [3.8, 4) is 0 Å². The highest BCUT2D eigenvalue weighted by Crippen LogP contribution is 2.30. The average Bonchev–Trinajstić information content (AvgIpc) is 2.56. The highest BCUT2D eigenvalue weighted by molar-refractivity contribution is 5.26. The highest BCUT2D eigenvalue weighted by Gasteiger charge is 2.17. The Balaban J connectivity index is 1.99. The van der Waals surface area contributed by atoms with E-state index < -0.39 is 0 Å². The molecule has 1 aliphatic rings. The fraction of sp³-hybridized carbons (Fsp3) is 0.625. The first kappa shape index (κ1) is 13.5. The minimum absolute atomic E-state index is 0.0116. The Morgan fingerprint density at radius 1 is 1.17 bits per heavy atom. The van der Waals surface area contributed by atoms with Crippen molar-refractivity contribution in [2.45, 2.75) is 57.9 Å². The molecule has 1 saturated carbocycles. The van der Waals surface area contributed by atoms with Gasteiger partial charge >= 0.3 is 0 Å². The molecule has 0 amide bonds. The zero-order valence-electron chi connectivity index (χ0n) is 11.3. The second kappa shape index (κ2) is 6.33. The zero-order chi connectivity index (χ0) is 13.0. The molecule has 18 heavy (non-hydrogen) atoms. The summed E-state index contributed by atoms with van der Waals surface area (Å²) in [4.78, 5) is 0. The van der Waals surface area contributed by atoms with Gasteiger partial charge in [0.2, 0.25) is 0 Å². The number of hydrogen-bond donors (Lipinski definition) is 1. The van der Waals surface area contributed by atoms with Crippen LogP contribution in [0.15, 0.2) is 18.2 Å². The number of benzene rings is 1. The fourth-order valence-corrected chi connectivity index (χ4v) is 3.07. The highest BCUT2D eigenvalue weighted by atomic mass is 19.1. The molecular weight excluding hydrogens is 225 g/mol. The Labute approximate surface area is 110 Å². The predicted octanol–water partition coefficient (Wildman–Crippen LogP) is 4.49. The smallest absolute Gasteiger partial charge is 0.123 e. The van der Waals surface area contributed by atoms with Gasteiger partial charge in [-0.2, -0.15) is 0 Å². The van der Waals surface area contributed by atoms with Crippen molar-refractivity contribution >= 4 is 0 Å². The molecule has 0 saturated heterocycles. The average molecular weight is 249 g/mol. The van der Waals surface area contributed by atoms with E-state index in [0.29, 0.717) is 0 Å².